The van der Waals surface area contributed by atoms with E-state index in [1.807, 2.05) is 13.0 Å². The summed E-state index contributed by atoms with van der Waals surface area (Å²) in [7, 11) is 1.51. The number of methoxy groups -OCH3 is 1. The molecule has 0 saturated carbocycles. The highest BCUT2D eigenvalue weighted by Crippen LogP contribution is 2.34. The number of halogens is 1. The number of hydrogen-bond acceptors (Lipinski definition) is 7. The molecular formula is C23H24ClN3O7. The molecule has 3 aromatic rings. The van der Waals surface area contributed by atoms with E-state index in [2.05, 4.69) is 15.3 Å². The Hall–Kier alpha value is -3.63. The number of nitrogens with zero attached hydrogens (tertiary/aromatic N) is 1. The fraction of sp³-hybridized carbons (Fsp3) is 0.304. The van der Waals surface area contributed by atoms with Crippen molar-refractivity contribution in [2.45, 2.75) is 26.2 Å². The van der Waals surface area contributed by atoms with Gasteiger partial charge in [0.2, 0.25) is 5.91 Å². The molecule has 3 rings (SSSR count). The number of carbonyl (C=O) groups excluding carboxylic acids is 2. The highest BCUT2D eigenvalue weighted by Gasteiger charge is 2.22. The number of aromatic amines is 1. The number of nitrogens with one attached hydrogen (secondary N) is 2. The Balaban J connectivity index is 1.75. The topological polar surface area (TPSA) is 133 Å². The van der Waals surface area contributed by atoms with Gasteiger partial charge in [0, 0.05) is 40.0 Å². The van der Waals surface area contributed by atoms with E-state index in [1.54, 1.807) is 30.3 Å². The molecule has 10 nitrogen and oxygen atoms in total. The van der Waals surface area contributed by atoms with Crippen molar-refractivity contribution < 1.29 is 29.1 Å². The van der Waals surface area contributed by atoms with Gasteiger partial charge in [-0.15, -0.1) is 10.1 Å². The number of aryl methyl sites for hydroxylation is 1. The maximum absolute atomic E-state index is 13.4. The van der Waals surface area contributed by atoms with Crippen molar-refractivity contribution in [1.82, 2.24) is 10.5 Å². The molecule has 2 aromatic carbocycles. The van der Waals surface area contributed by atoms with Gasteiger partial charge in [-0.25, -0.2) is 5.48 Å². The Morgan fingerprint density at radius 3 is 2.56 bits per heavy atom. The van der Waals surface area contributed by atoms with E-state index in [9.17, 15) is 19.7 Å². The number of hydroxylamine groups is 1. The Kier molecular flexibility index (Phi) is 8.44. The van der Waals surface area contributed by atoms with Gasteiger partial charge >= 0.3 is 0 Å². The zero-order valence-corrected chi connectivity index (χ0v) is 19.4. The summed E-state index contributed by atoms with van der Waals surface area (Å²) in [6, 6.07) is 10.2. The molecule has 180 valence electrons. The maximum Gasteiger partial charge on any atom is 0.294 e. The SMILES string of the molecule is COc1ccc2[nH]c(C)c(CCONC(=O)CCCO[N+](=O)[O-])c2c1C(=O)c1ccc(Cl)cc1. The highest BCUT2D eigenvalue weighted by molar-refractivity contribution is 6.30. The number of rotatable bonds is 12. The van der Waals surface area contributed by atoms with Crippen LogP contribution in [0.4, 0.5) is 0 Å². The van der Waals surface area contributed by atoms with Gasteiger partial charge in [0.25, 0.3) is 5.09 Å². The summed E-state index contributed by atoms with van der Waals surface area (Å²) in [6.45, 7) is 1.88. The van der Waals surface area contributed by atoms with Gasteiger partial charge in [0.15, 0.2) is 5.78 Å². The fourth-order valence-corrected chi connectivity index (χ4v) is 3.75. The molecule has 0 fully saturated rings. The van der Waals surface area contributed by atoms with E-state index in [4.69, 9.17) is 21.2 Å². The molecule has 2 N–H and O–H groups in total. The molecule has 0 spiro atoms. The number of ether oxygens (including phenoxy) is 1. The number of H-pyrrole nitrogens is 1. The lowest BCUT2D eigenvalue weighted by Gasteiger charge is -2.12. The van der Waals surface area contributed by atoms with Crippen molar-refractivity contribution in [1.29, 1.82) is 0 Å². The molecule has 0 aliphatic rings. The number of fused-ring (bicyclic) bond motifs is 1. The Morgan fingerprint density at radius 1 is 1.15 bits per heavy atom. The van der Waals surface area contributed by atoms with Crippen LogP contribution in [-0.2, 0) is 20.9 Å². The first kappa shape index (κ1) is 25.0. The summed E-state index contributed by atoms with van der Waals surface area (Å²) in [5, 5.41) is 10.5. The number of carbonyl (C=O) groups is 2. The van der Waals surface area contributed by atoms with Crippen LogP contribution in [0.3, 0.4) is 0 Å². The van der Waals surface area contributed by atoms with Gasteiger partial charge in [-0.05, 0) is 55.3 Å². The Labute approximate surface area is 200 Å². The third-order valence-corrected chi connectivity index (χ3v) is 5.43. The minimum Gasteiger partial charge on any atom is -0.496 e. The van der Waals surface area contributed by atoms with Crippen LogP contribution in [0.2, 0.25) is 5.02 Å². The zero-order chi connectivity index (χ0) is 24.7. The second-order valence-electron chi connectivity index (χ2n) is 7.41. The molecule has 1 aromatic heterocycles. The van der Waals surface area contributed by atoms with Crippen molar-refractivity contribution in [2.75, 3.05) is 20.3 Å². The van der Waals surface area contributed by atoms with Gasteiger partial charge in [0.1, 0.15) is 5.75 Å². The van der Waals surface area contributed by atoms with E-state index in [1.165, 1.54) is 7.11 Å². The van der Waals surface area contributed by atoms with Crippen LogP contribution in [0.15, 0.2) is 36.4 Å². The van der Waals surface area contributed by atoms with Crippen LogP contribution < -0.4 is 10.2 Å². The number of aromatic nitrogens is 1. The third-order valence-electron chi connectivity index (χ3n) is 5.18. The van der Waals surface area contributed by atoms with Crippen molar-refractivity contribution in [3.63, 3.8) is 0 Å². The lowest BCUT2D eigenvalue weighted by Crippen LogP contribution is -2.25. The first-order valence-corrected chi connectivity index (χ1v) is 10.9. The number of benzene rings is 2. The molecule has 1 amide bonds. The van der Waals surface area contributed by atoms with Crippen LogP contribution >= 0.6 is 11.6 Å². The summed E-state index contributed by atoms with van der Waals surface area (Å²) in [5.41, 5.74) is 5.72. The van der Waals surface area contributed by atoms with Crippen molar-refractivity contribution in [3.05, 3.63) is 73.9 Å². The molecule has 11 heteroatoms. The Bertz CT molecular complexity index is 1190. The molecule has 0 atom stereocenters. The second kappa shape index (κ2) is 11.5. The van der Waals surface area contributed by atoms with E-state index >= 15 is 0 Å². The standard InChI is InChI=1S/C23H24ClN3O7/c1-14-17(11-13-33-26-20(28)4-3-12-34-27(30)31)21-18(25-14)9-10-19(32-2)22(21)23(29)15-5-7-16(24)8-6-15/h5-10,25H,3-4,11-13H2,1-2H3,(H,26,28). The van der Waals surface area contributed by atoms with Crippen molar-refractivity contribution >= 4 is 34.2 Å². The zero-order valence-electron chi connectivity index (χ0n) is 18.7. The molecule has 0 aliphatic heterocycles. The van der Waals surface area contributed by atoms with Crippen molar-refractivity contribution in [3.8, 4) is 5.75 Å². The molecule has 0 aliphatic carbocycles. The van der Waals surface area contributed by atoms with E-state index < -0.39 is 11.0 Å². The normalized spacial score (nSPS) is 10.8. The summed E-state index contributed by atoms with van der Waals surface area (Å²) in [5.74, 6) is -0.174. The minimum absolute atomic E-state index is 0.0247. The van der Waals surface area contributed by atoms with Gasteiger partial charge in [-0.3, -0.25) is 14.4 Å². The summed E-state index contributed by atoms with van der Waals surface area (Å²) < 4.78 is 5.50. The van der Waals surface area contributed by atoms with Crippen molar-refractivity contribution in [2.24, 2.45) is 0 Å². The third kappa shape index (κ3) is 6.03. The lowest BCUT2D eigenvalue weighted by atomic mass is 9.95. The van der Waals surface area contributed by atoms with E-state index in [0.717, 1.165) is 22.2 Å². The first-order valence-electron chi connectivity index (χ1n) is 10.5. The molecule has 0 radical (unpaired) electrons. The maximum atomic E-state index is 13.4. The molecule has 0 bridgehead atoms. The summed E-state index contributed by atoms with van der Waals surface area (Å²) in [6.07, 6.45) is 0.620. The Morgan fingerprint density at radius 2 is 1.88 bits per heavy atom. The van der Waals surface area contributed by atoms with Crippen LogP contribution in [0.5, 0.6) is 5.75 Å². The smallest absolute Gasteiger partial charge is 0.294 e. The number of amides is 1. The van der Waals surface area contributed by atoms with Gasteiger partial charge in [-0.1, -0.05) is 11.6 Å². The quantitative estimate of drug-likeness (QED) is 0.170. The predicted molar refractivity (Wildman–Crippen MR) is 124 cm³/mol. The first-order chi connectivity index (χ1) is 16.3. The number of ketones is 1. The average molecular weight is 490 g/mol. The number of hydrogen-bond donors (Lipinski definition) is 2. The molecule has 1 heterocycles. The highest BCUT2D eigenvalue weighted by atomic mass is 35.5. The fourth-order valence-electron chi connectivity index (χ4n) is 3.63. The van der Waals surface area contributed by atoms with Crippen LogP contribution in [0, 0.1) is 17.0 Å². The lowest BCUT2D eigenvalue weighted by molar-refractivity contribution is -0.757. The van der Waals surface area contributed by atoms with E-state index in [-0.39, 0.29) is 31.8 Å². The molecular weight excluding hydrogens is 466 g/mol. The van der Waals surface area contributed by atoms with Crippen LogP contribution in [0.25, 0.3) is 10.9 Å². The molecule has 0 saturated heterocycles. The summed E-state index contributed by atoms with van der Waals surface area (Å²) >= 11 is 5.97. The van der Waals surface area contributed by atoms with Crippen LogP contribution in [-0.4, -0.2) is 42.1 Å². The second-order valence-corrected chi connectivity index (χ2v) is 7.85. The van der Waals surface area contributed by atoms with Gasteiger partial charge < -0.3 is 14.6 Å². The average Bonchev–Trinajstić information content (AvgIpc) is 3.13. The molecule has 0 unspecified atom stereocenters. The molecule has 34 heavy (non-hydrogen) atoms. The summed E-state index contributed by atoms with van der Waals surface area (Å²) in [4.78, 5) is 48.1. The van der Waals surface area contributed by atoms with Gasteiger partial charge in [0.05, 0.1) is 25.9 Å². The predicted octanol–water partition coefficient (Wildman–Crippen LogP) is 3.95. The van der Waals surface area contributed by atoms with E-state index in [0.29, 0.717) is 28.3 Å². The minimum atomic E-state index is -0.904. The van der Waals surface area contributed by atoms with Gasteiger partial charge in [-0.2, -0.15) is 0 Å². The largest absolute Gasteiger partial charge is 0.496 e. The monoisotopic (exact) mass is 489 g/mol. The van der Waals surface area contributed by atoms with Crippen LogP contribution in [0.1, 0.15) is 40.0 Å².